The van der Waals surface area contributed by atoms with E-state index in [9.17, 15) is 15.0 Å². The SMILES string of the molecule is C[C@H]1CCC[C@H]([C@](O)(C(=O)O)C2CCCCC2)C1. The average Bonchev–Trinajstić information content (AvgIpc) is 2.38. The van der Waals surface area contributed by atoms with Gasteiger partial charge in [0.2, 0.25) is 0 Å². The van der Waals surface area contributed by atoms with E-state index < -0.39 is 11.6 Å². The van der Waals surface area contributed by atoms with Crippen molar-refractivity contribution in [2.24, 2.45) is 17.8 Å². The van der Waals surface area contributed by atoms with Crippen molar-refractivity contribution in [1.82, 2.24) is 0 Å². The van der Waals surface area contributed by atoms with Crippen molar-refractivity contribution >= 4 is 5.97 Å². The monoisotopic (exact) mass is 254 g/mol. The quantitative estimate of drug-likeness (QED) is 0.813. The smallest absolute Gasteiger partial charge is 0.336 e. The summed E-state index contributed by atoms with van der Waals surface area (Å²) in [6.45, 7) is 2.18. The molecule has 0 aromatic rings. The average molecular weight is 254 g/mol. The molecule has 0 aromatic heterocycles. The normalized spacial score (nSPS) is 33.9. The van der Waals surface area contributed by atoms with E-state index in [1.54, 1.807) is 0 Å². The highest BCUT2D eigenvalue weighted by Crippen LogP contribution is 2.44. The van der Waals surface area contributed by atoms with Gasteiger partial charge in [-0.3, -0.25) is 0 Å². The van der Waals surface area contributed by atoms with Crippen LogP contribution in [-0.2, 0) is 4.79 Å². The molecule has 0 aromatic carbocycles. The summed E-state index contributed by atoms with van der Waals surface area (Å²) in [5.41, 5.74) is -1.46. The second kappa shape index (κ2) is 5.60. The van der Waals surface area contributed by atoms with Crippen molar-refractivity contribution in [3.05, 3.63) is 0 Å². The number of aliphatic hydroxyl groups is 1. The van der Waals surface area contributed by atoms with Crippen LogP contribution in [0.15, 0.2) is 0 Å². The first-order valence-electron chi connectivity index (χ1n) is 7.51. The van der Waals surface area contributed by atoms with Gasteiger partial charge in [-0.15, -0.1) is 0 Å². The van der Waals surface area contributed by atoms with E-state index in [1.165, 1.54) is 12.8 Å². The third-order valence-electron chi connectivity index (χ3n) is 5.13. The molecule has 0 aliphatic heterocycles. The standard InChI is InChI=1S/C15H26O3/c1-11-6-5-9-13(10-11)15(18,14(16)17)12-7-3-2-4-8-12/h11-13,18H,2-10H2,1H3,(H,16,17)/t11-,13-,15-/m0/s1. The summed E-state index contributed by atoms with van der Waals surface area (Å²) >= 11 is 0. The van der Waals surface area contributed by atoms with E-state index in [0.717, 1.165) is 44.9 Å². The Morgan fingerprint density at radius 1 is 1.00 bits per heavy atom. The first-order valence-corrected chi connectivity index (χ1v) is 7.51. The zero-order valence-corrected chi connectivity index (χ0v) is 11.4. The molecule has 104 valence electrons. The predicted octanol–water partition coefficient (Wildman–Crippen LogP) is 3.21. The van der Waals surface area contributed by atoms with Crippen molar-refractivity contribution in [3.63, 3.8) is 0 Å². The Morgan fingerprint density at radius 3 is 2.17 bits per heavy atom. The van der Waals surface area contributed by atoms with Crippen molar-refractivity contribution in [2.75, 3.05) is 0 Å². The van der Waals surface area contributed by atoms with Crippen LogP contribution in [0.1, 0.15) is 64.7 Å². The van der Waals surface area contributed by atoms with Gasteiger partial charge in [0.1, 0.15) is 0 Å². The Kier molecular flexibility index (Phi) is 4.31. The highest BCUT2D eigenvalue weighted by atomic mass is 16.4. The molecule has 2 fully saturated rings. The van der Waals surface area contributed by atoms with Crippen molar-refractivity contribution in [3.8, 4) is 0 Å². The minimum atomic E-state index is -1.46. The Bertz CT molecular complexity index is 296. The van der Waals surface area contributed by atoms with Crippen LogP contribution in [0, 0.1) is 17.8 Å². The number of carboxylic acid groups (broad SMARTS) is 1. The molecule has 3 atom stereocenters. The van der Waals surface area contributed by atoms with E-state index in [1.807, 2.05) is 0 Å². The highest BCUT2D eigenvalue weighted by molar-refractivity contribution is 5.78. The van der Waals surface area contributed by atoms with Crippen LogP contribution < -0.4 is 0 Å². The minimum absolute atomic E-state index is 0.0287. The van der Waals surface area contributed by atoms with Gasteiger partial charge in [0.15, 0.2) is 5.60 Å². The Morgan fingerprint density at radius 2 is 1.61 bits per heavy atom. The lowest BCUT2D eigenvalue weighted by molar-refractivity contribution is -0.178. The minimum Gasteiger partial charge on any atom is -0.479 e. The second-order valence-corrected chi connectivity index (χ2v) is 6.43. The highest BCUT2D eigenvalue weighted by Gasteiger charge is 2.50. The van der Waals surface area contributed by atoms with Gasteiger partial charge >= 0.3 is 5.97 Å². The van der Waals surface area contributed by atoms with Gasteiger partial charge < -0.3 is 10.2 Å². The molecule has 0 saturated heterocycles. The van der Waals surface area contributed by atoms with Gasteiger partial charge in [-0.05, 0) is 43.4 Å². The lowest BCUT2D eigenvalue weighted by atomic mass is 9.65. The first-order chi connectivity index (χ1) is 8.55. The first kappa shape index (κ1) is 13.9. The molecule has 2 aliphatic carbocycles. The van der Waals surface area contributed by atoms with Gasteiger partial charge in [0, 0.05) is 0 Å². The zero-order chi connectivity index (χ0) is 13.2. The molecule has 0 spiro atoms. The largest absolute Gasteiger partial charge is 0.479 e. The number of hydrogen-bond donors (Lipinski definition) is 2. The molecule has 2 saturated carbocycles. The lowest BCUT2D eigenvalue weighted by Gasteiger charge is -2.43. The van der Waals surface area contributed by atoms with Crippen LogP contribution in [0.4, 0.5) is 0 Å². The zero-order valence-electron chi connectivity index (χ0n) is 11.4. The van der Waals surface area contributed by atoms with Gasteiger partial charge in [-0.2, -0.15) is 0 Å². The Balaban J connectivity index is 2.16. The number of aliphatic carboxylic acids is 1. The summed E-state index contributed by atoms with van der Waals surface area (Å²) in [5, 5.41) is 20.4. The van der Waals surface area contributed by atoms with Gasteiger partial charge in [0.05, 0.1) is 0 Å². The summed E-state index contributed by atoms with van der Waals surface area (Å²) in [5.74, 6) is -0.493. The number of carboxylic acids is 1. The van der Waals surface area contributed by atoms with E-state index in [4.69, 9.17) is 0 Å². The lowest BCUT2D eigenvalue weighted by Crippen LogP contribution is -2.53. The molecule has 0 bridgehead atoms. The van der Waals surface area contributed by atoms with Crippen LogP contribution in [0.25, 0.3) is 0 Å². The van der Waals surface area contributed by atoms with Crippen molar-refractivity contribution in [2.45, 2.75) is 70.3 Å². The molecule has 18 heavy (non-hydrogen) atoms. The van der Waals surface area contributed by atoms with E-state index in [0.29, 0.717) is 5.92 Å². The molecular weight excluding hydrogens is 228 g/mol. The summed E-state index contributed by atoms with van der Waals surface area (Å²) < 4.78 is 0. The summed E-state index contributed by atoms with van der Waals surface area (Å²) in [6, 6.07) is 0. The molecule has 3 nitrogen and oxygen atoms in total. The molecule has 2 N–H and O–H groups in total. The molecule has 2 aliphatic rings. The van der Waals surface area contributed by atoms with Crippen LogP contribution in [0.5, 0.6) is 0 Å². The van der Waals surface area contributed by atoms with Crippen molar-refractivity contribution in [1.29, 1.82) is 0 Å². The maximum Gasteiger partial charge on any atom is 0.336 e. The molecule has 3 heteroatoms. The third-order valence-corrected chi connectivity index (χ3v) is 5.13. The fourth-order valence-corrected chi connectivity index (χ4v) is 4.06. The van der Waals surface area contributed by atoms with Crippen LogP contribution in [0.3, 0.4) is 0 Å². The van der Waals surface area contributed by atoms with Crippen LogP contribution in [0.2, 0.25) is 0 Å². The topological polar surface area (TPSA) is 57.5 Å². The van der Waals surface area contributed by atoms with Crippen LogP contribution >= 0.6 is 0 Å². The number of hydrogen-bond acceptors (Lipinski definition) is 2. The molecule has 0 amide bonds. The van der Waals surface area contributed by atoms with Crippen molar-refractivity contribution < 1.29 is 15.0 Å². The summed E-state index contributed by atoms with van der Waals surface area (Å²) in [6.07, 6.45) is 9.09. The molecule has 0 unspecified atom stereocenters. The van der Waals surface area contributed by atoms with E-state index in [2.05, 4.69) is 6.92 Å². The van der Waals surface area contributed by atoms with E-state index >= 15 is 0 Å². The van der Waals surface area contributed by atoms with Gasteiger partial charge in [-0.25, -0.2) is 4.79 Å². The Hall–Kier alpha value is -0.570. The fraction of sp³-hybridized carbons (Fsp3) is 0.933. The number of rotatable bonds is 3. The molecule has 2 rings (SSSR count). The van der Waals surface area contributed by atoms with Crippen LogP contribution in [-0.4, -0.2) is 21.8 Å². The third kappa shape index (κ3) is 2.56. The Labute approximate surface area is 110 Å². The molecule has 0 radical (unpaired) electrons. The maximum absolute atomic E-state index is 11.7. The fourth-order valence-electron chi connectivity index (χ4n) is 4.06. The van der Waals surface area contributed by atoms with Gasteiger partial charge in [-0.1, -0.05) is 39.0 Å². The molecule has 0 heterocycles. The number of carbonyl (C=O) groups is 1. The van der Waals surface area contributed by atoms with Gasteiger partial charge in [0.25, 0.3) is 0 Å². The molecular formula is C15H26O3. The second-order valence-electron chi connectivity index (χ2n) is 6.43. The summed E-state index contributed by atoms with van der Waals surface area (Å²) in [7, 11) is 0. The predicted molar refractivity (Wildman–Crippen MR) is 70.3 cm³/mol. The van der Waals surface area contributed by atoms with E-state index in [-0.39, 0.29) is 11.8 Å². The maximum atomic E-state index is 11.7. The summed E-state index contributed by atoms with van der Waals surface area (Å²) in [4.78, 5) is 11.7.